The van der Waals surface area contributed by atoms with Crippen LogP contribution in [0.25, 0.3) is 0 Å². The first-order chi connectivity index (χ1) is 8.04. The van der Waals surface area contributed by atoms with Crippen molar-refractivity contribution < 1.29 is 14.7 Å². The smallest absolute Gasteiger partial charge is 0.303 e. The van der Waals surface area contributed by atoms with Gasteiger partial charge in [0.05, 0.1) is 0 Å². The summed E-state index contributed by atoms with van der Waals surface area (Å²) in [7, 11) is 0. The summed E-state index contributed by atoms with van der Waals surface area (Å²) in [6.45, 7) is 5.16. The monoisotopic (exact) mass is 239 g/mol. The average molecular weight is 239 g/mol. The molecule has 17 heavy (non-hydrogen) atoms. The second-order valence-electron chi connectivity index (χ2n) is 4.65. The lowest BCUT2D eigenvalue weighted by atomic mass is 9.94. The average Bonchev–Trinajstić information content (AvgIpc) is 2.28. The van der Waals surface area contributed by atoms with Crippen LogP contribution in [0.5, 0.6) is 0 Å². The van der Waals surface area contributed by atoms with Crippen LogP contribution in [-0.2, 0) is 9.59 Å². The van der Waals surface area contributed by atoms with E-state index in [1.54, 1.807) is 4.90 Å². The molecule has 0 aromatic heterocycles. The van der Waals surface area contributed by atoms with E-state index in [1.807, 2.05) is 19.9 Å². The molecule has 0 saturated carbocycles. The predicted octanol–water partition coefficient (Wildman–Crippen LogP) is 2.06. The van der Waals surface area contributed by atoms with Crippen LogP contribution in [0.1, 0.15) is 39.5 Å². The van der Waals surface area contributed by atoms with Crippen LogP contribution < -0.4 is 0 Å². The minimum absolute atomic E-state index is 0.0574. The molecule has 96 valence electrons. The zero-order valence-electron chi connectivity index (χ0n) is 10.6. The second kappa shape index (κ2) is 6.42. The van der Waals surface area contributed by atoms with Crippen molar-refractivity contribution in [2.24, 2.45) is 5.92 Å². The summed E-state index contributed by atoms with van der Waals surface area (Å²) in [4.78, 5) is 24.5. The topological polar surface area (TPSA) is 57.6 Å². The molecule has 0 bridgehead atoms. The molecule has 0 aromatic carbocycles. The number of carboxylic acids is 1. The number of carbonyl (C=O) groups is 2. The summed E-state index contributed by atoms with van der Waals surface area (Å²) in [5, 5.41) is 8.77. The van der Waals surface area contributed by atoms with Crippen molar-refractivity contribution in [1.29, 1.82) is 0 Å². The molecule has 0 aromatic rings. The van der Waals surface area contributed by atoms with Gasteiger partial charge in [-0.25, -0.2) is 0 Å². The molecule has 1 saturated heterocycles. The highest BCUT2D eigenvalue weighted by atomic mass is 16.4. The van der Waals surface area contributed by atoms with Crippen LogP contribution >= 0.6 is 0 Å². The van der Waals surface area contributed by atoms with Crippen molar-refractivity contribution in [3.8, 4) is 0 Å². The fraction of sp³-hybridized carbons (Fsp3) is 0.692. The summed E-state index contributed by atoms with van der Waals surface area (Å²) in [5.41, 5.74) is 0.767. The molecule has 1 rings (SSSR count). The predicted molar refractivity (Wildman–Crippen MR) is 65.6 cm³/mol. The number of aliphatic carboxylic acids is 1. The molecule has 1 heterocycles. The fourth-order valence-electron chi connectivity index (χ4n) is 2.31. The third-order valence-corrected chi connectivity index (χ3v) is 3.12. The number of hydrogen-bond donors (Lipinski definition) is 1. The zero-order chi connectivity index (χ0) is 12.8. The number of nitrogens with zero attached hydrogens (tertiary/aromatic N) is 1. The molecule has 1 amide bonds. The number of piperidine rings is 1. The molecular formula is C13H21NO3. The van der Waals surface area contributed by atoms with Crippen molar-refractivity contribution in [3.63, 3.8) is 0 Å². The second-order valence-corrected chi connectivity index (χ2v) is 4.65. The van der Waals surface area contributed by atoms with Crippen LogP contribution in [0.4, 0.5) is 0 Å². The summed E-state index contributed by atoms with van der Waals surface area (Å²) < 4.78 is 0. The molecule has 0 radical (unpaired) electrons. The Labute approximate surface area is 102 Å². The quantitative estimate of drug-likeness (QED) is 0.764. The highest BCUT2D eigenvalue weighted by molar-refractivity contribution is 5.92. The molecule has 0 spiro atoms. The van der Waals surface area contributed by atoms with E-state index in [4.69, 9.17) is 5.11 Å². The molecule has 1 atom stereocenters. The Morgan fingerprint density at radius 2 is 2.18 bits per heavy atom. The van der Waals surface area contributed by atoms with Crippen LogP contribution in [0.2, 0.25) is 0 Å². The zero-order valence-corrected chi connectivity index (χ0v) is 10.6. The lowest BCUT2D eigenvalue weighted by Gasteiger charge is -2.32. The van der Waals surface area contributed by atoms with Crippen LogP contribution in [0, 0.1) is 5.92 Å². The van der Waals surface area contributed by atoms with Crippen LogP contribution in [-0.4, -0.2) is 35.0 Å². The van der Waals surface area contributed by atoms with E-state index in [2.05, 4.69) is 0 Å². The summed E-state index contributed by atoms with van der Waals surface area (Å²) in [6, 6.07) is 0. The third-order valence-electron chi connectivity index (χ3n) is 3.12. The first-order valence-electron chi connectivity index (χ1n) is 6.22. The molecular weight excluding hydrogens is 218 g/mol. The van der Waals surface area contributed by atoms with Crippen molar-refractivity contribution in [2.45, 2.75) is 39.5 Å². The Hall–Kier alpha value is -1.32. The molecule has 0 aliphatic carbocycles. The van der Waals surface area contributed by atoms with Gasteiger partial charge in [-0.15, -0.1) is 0 Å². The van der Waals surface area contributed by atoms with Gasteiger partial charge in [0.2, 0.25) is 5.91 Å². The van der Waals surface area contributed by atoms with E-state index in [0.29, 0.717) is 6.54 Å². The van der Waals surface area contributed by atoms with E-state index < -0.39 is 5.97 Å². The van der Waals surface area contributed by atoms with Crippen LogP contribution in [0.15, 0.2) is 11.6 Å². The summed E-state index contributed by atoms with van der Waals surface area (Å²) >= 11 is 0. The van der Waals surface area contributed by atoms with E-state index in [0.717, 1.165) is 31.4 Å². The Bertz CT molecular complexity index is 323. The van der Waals surface area contributed by atoms with Crippen molar-refractivity contribution in [1.82, 2.24) is 4.90 Å². The van der Waals surface area contributed by atoms with Gasteiger partial charge in [0.25, 0.3) is 0 Å². The first kappa shape index (κ1) is 13.7. The van der Waals surface area contributed by atoms with Gasteiger partial charge in [0, 0.05) is 25.1 Å². The van der Waals surface area contributed by atoms with E-state index in [-0.39, 0.29) is 18.2 Å². The minimum Gasteiger partial charge on any atom is -0.481 e. The molecule has 1 unspecified atom stereocenters. The van der Waals surface area contributed by atoms with Gasteiger partial charge in [-0.3, -0.25) is 9.59 Å². The maximum absolute atomic E-state index is 12.0. The molecule has 4 nitrogen and oxygen atoms in total. The minimum atomic E-state index is -0.773. The Kier molecular flexibility index (Phi) is 5.19. The van der Waals surface area contributed by atoms with Crippen molar-refractivity contribution >= 4 is 11.9 Å². The molecule has 1 N–H and O–H groups in total. The number of carboxylic acid groups (broad SMARTS) is 1. The highest BCUT2D eigenvalue weighted by Crippen LogP contribution is 2.21. The Balaban J connectivity index is 2.57. The normalized spacial score (nSPS) is 21.4. The van der Waals surface area contributed by atoms with Gasteiger partial charge >= 0.3 is 5.97 Å². The van der Waals surface area contributed by atoms with Gasteiger partial charge < -0.3 is 10.0 Å². The number of allylic oxidation sites excluding steroid dienone is 1. The molecule has 1 aliphatic rings. The highest BCUT2D eigenvalue weighted by Gasteiger charge is 2.25. The Morgan fingerprint density at radius 1 is 1.47 bits per heavy atom. The maximum Gasteiger partial charge on any atom is 0.303 e. The van der Waals surface area contributed by atoms with Crippen molar-refractivity contribution in [3.05, 3.63) is 11.6 Å². The number of likely N-dealkylation sites (tertiary alicyclic amines) is 1. The standard InChI is InChI=1S/C13H21NO3/c1-3-5-10(2)13(17)14-7-4-6-11(9-14)8-12(15)16/h5,11H,3-4,6-9H2,1-2H3,(H,15,16). The Morgan fingerprint density at radius 3 is 2.76 bits per heavy atom. The SMILES string of the molecule is CCC=C(C)C(=O)N1CCCC(CC(=O)O)C1. The van der Waals surface area contributed by atoms with Crippen molar-refractivity contribution in [2.75, 3.05) is 13.1 Å². The van der Waals surface area contributed by atoms with Gasteiger partial charge in [0.15, 0.2) is 0 Å². The largest absolute Gasteiger partial charge is 0.481 e. The van der Waals surface area contributed by atoms with Gasteiger partial charge in [0.1, 0.15) is 0 Å². The van der Waals surface area contributed by atoms with E-state index in [9.17, 15) is 9.59 Å². The lowest BCUT2D eigenvalue weighted by molar-refractivity contribution is -0.139. The number of carbonyl (C=O) groups excluding carboxylic acids is 1. The lowest BCUT2D eigenvalue weighted by Crippen LogP contribution is -2.40. The number of amides is 1. The van der Waals surface area contributed by atoms with Crippen LogP contribution in [0.3, 0.4) is 0 Å². The van der Waals surface area contributed by atoms with Gasteiger partial charge in [-0.1, -0.05) is 13.0 Å². The maximum atomic E-state index is 12.0. The molecule has 1 aliphatic heterocycles. The van der Waals surface area contributed by atoms with E-state index >= 15 is 0 Å². The number of hydrogen-bond acceptors (Lipinski definition) is 2. The third kappa shape index (κ3) is 4.21. The molecule has 4 heteroatoms. The first-order valence-corrected chi connectivity index (χ1v) is 6.22. The fourth-order valence-corrected chi connectivity index (χ4v) is 2.31. The summed E-state index contributed by atoms with van der Waals surface area (Å²) in [5.74, 6) is -0.605. The molecule has 1 fully saturated rings. The van der Waals surface area contributed by atoms with E-state index in [1.165, 1.54) is 0 Å². The number of rotatable bonds is 4. The van der Waals surface area contributed by atoms with Gasteiger partial charge in [-0.05, 0) is 32.1 Å². The summed E-state index contributed by atoms with van der Waals surface area (Å²) in [6.07, 6.45) is 4.75. The van der Waals surface area contributed by atoms with Gasteiger partial charge in [-0.2, -0.15) is 0 Å².